The minimum absolute atomic E-state index is 0. The molecule has 1 fully saturated rings. The molecule has 1 aromatic carbocycles. The highest BCUT2D eigenvalue weighted by Gasteiger charge is 2.27. The van der Waals surface area contributed by atoms with Crippen LogP contribution in [0.3, 0.4) is 0 Å². The third-order valence-corrected chi connectivity index (χ3v) is 5.85. The second kappa shape index (κ2) is 9.65. The largest absolute Gasteiger partial charge is 0.338 e. The number of aromatic nitrogens is 1. The van der Waals surface area contributed by atoms with Crippen molar-refractivity contribution in [1.82, 2.24) is 9.88 Å². The predicted octanol–water partition coefficient (Wildman–Crippen LogP) is 4.30. The number of halogens is 3. The number of benzene rings is 1. The van der Waals surface area contributed by atoms with Gasteiger partial charge >= 0.3 is 0 Å². The summed E-state index contributed by atoms with van der Waals surface area (Å²) >= 11 is 1.38. The number of likely N-dealkylation sites (tertiary alicyclic amines) is 1. The number of thiazole rings is 1. The standard InChI is InChI=1S/C18H22FN3OS.2ClH/c1-11(20)13-7-9-22(10-8-13)18(23)16-12(2)21-17(24-16)14-3-5-15(19)6-4-14;;/h3-6,11,13H,7-10,20H2,1-2H3;2*1H. The second-order valence-corrected chi connectivity index (χ2v) is 7.43. The van der Waals surface area contributed by atoms with E-state index >= 15 is 0 Å². The van der Waals surface area contributed by atoms with Crippen LogP contribution in [0.1, 0.15) is 35.1 Å². The van der Waals surface area contributed by atoms with Crippen molar-refractivity contribution in [2.24, 2.45) is 11.7 Å². The molecule has 0 saturated carbocycles. The van der Waals surface area contributed by atoms with Gasteiger partial charge in [0.25, 0.3) is 5.91 Å². The third-order valence-electron chi connectivity index (χ3n) is 4.65. The first-order valence-electron chi connectivity index (χ1n) is 8.24. The first kappa shape index (κ1) is 22.8. The van der Waals surface area contributed by atoms with E-state index in [0.29, 0.717) is 10.8 Å². The van der Waals surface area contributed by atoms with Crippen molar-refractivity contribution in [1.29, 1.82) is 0 Å². The lowest BCUT2D eigenvalue weighted by Gasteiger charge is -2.33. The van der Waals surface area contributed by atoms with Crippen LogP contribution in [0.2, 0.25) is 0 Å². The molecule has 1 saturated heterocycles. The molecule has 1 aliphatic rings. The third kappa shape index (κ3) is 4.94. The Hall–Kier alpha value is -1.21. The van der Waals surface area contributed by atoms with Crippen LogP contribution >= 0.6 is 36.2 Å². The minimum Gasteiger partial charge on any atom is -0.338 e. The Labute approximate surface area is 169 Å². The van der Waals surface area contributed by atoms with E-state index in [2.05, 4.69) is 4.98 Å². The minimum atomic E-state index is -0.277. The van der Waals surface area contributed by atoms with Gasteiger partial charge in [-0.2, -0.15) is 0 Å². The Morgan fingerprint density at radius 3 is 2.38 bits per heavy atom. The Bertz CT molecular complexity index is 729. The molecule has 1 atom stereocenters. The number of rotatable bonds is 3. The summed E-state index contributed by atoms with van der Waals surface area (Å²) in [5.74, 6) is 0.258. The van der Waals surface area contributed by atoms with Crippen LogP contribution in [0, 0.1) is 18.7 Å². The summed E-state index contributed by atoms with van der Waals surface area (Å²) in [6.45, 7) is 5.37. The first-order chi connectivity index (χ1) is 11.5. The van der Waals surface area contributed by atoms with Crippen molar-refractivity contribution in [2.75, 3.05) is 13.1 Å². The second-order valence-electron chi connectivity index (χ2n) is 6.43. The Balaban J connectivity index is 0.00000169. The molecule has 0 aliphatic carbocycles. The van der Waals surface area contributed by atoms with Crippen LogP contribution in [0.25, 0.3) is 10.6 Å². The smallest absolute Gasteiger partial charge is 0.265 e. The maximum Gasteiger partial charge on any atom is 0.265 e. The Kier molecular flexibility index (Phi) is 8.47. The molecule has 26 heavy (non-hydrogen) atoms. The normalized spacial score (nSPS) is 15.8. The molecule has 1 aliphatic heterocycles. The molecule has 0 spiro atoms. The molecule has 1 unspecified atom stereocenters. The number of aryl methyl sites for hydroxylation is 1. The number of nitrogens with zero attached hydrogens (tertiary/aromatic N) is 2. The molecule has 1 aromatic heterocycles. The maximum atomic E-state index is 13.1. The van der Waals surface area contributed by atoms with E-state index in [1.165, 1.54) is 23.5 Å². The van der Waals surface area contributed by atoms with Crippen molar-refractivity contribution in [3.63, 3.8) is 0 Å². The predicted molar refractivity (Wildman–Crippen MR) is 109 cm³/mol. The molecular formula is C18H24Cl2FN3OS. The molecule has 1 amide bonds. The summed E-state index contributed by atoms with van der Waals surface area (Å²) in [7, 11) is 0. The topological polar surface area (TPSA) is 59.2 Å². The van der Waals surface area contributed by atoms with Crippen molar-refractivity contribution in [3.8, 4) is 10.6 Å². The fourth-order valence-electron chi connectivity index (χ4n) is 3.08. The zero-order valence-corrected chi connectivity index (χ0v) is 17.2. The molecule has 2 aromatic rings. The lowest BCUT2D eigenvalue weighted by molar-refractivity contribution is 0.0685. The van der Waals surface area contributed by atoms with E-state index in [-0.39, 0.29) is 42.6 Å². The SMILES string of the molecule is Cc1nc(-c2ccc(F)cc2)sc1C(=O)N1CCC(C(C)N)CC1.Cl.Cl. The lowest BCUT2D eigenvalue weighted by Crippen LogP contribution is -2.42. The van der Waals surface area contributed by atoms with Crippen LogP contribution in [-0.2, 0) is 0 Å². The molecule has 0 radical (unpaired) electrons. The van der Waals surface area contributed by atoms with E-state index in [9.17, 15) is 9.18 Å². The highest BCUT2D eigenvalue weighted by Crippen LogP contribution is 2.30. The van der Waals surface area contributed by atoms with E-state index < -0.39 is 0 Å². The lowest BCUT2D eigenvalue weighted by atomic mass is 9.91. The van der Waals surface area contributed by atoms with Crippen LogP contribution < -0.4 is 5.73 Å². The highest BCUT2D eigenvalue weighted by molar-refractivity contribution is 7.17. The first-order valence-corrected chi connectivity index (χ1v) is 9.05. The van der Waals surface area contributed by atoms with E-state index in [0.717, 1.165) is 42.2 Å². The molecule has 4 nitrogen and oxygen atoms in total. The van der Waals surface area contributed by atoms with Gasteiger partial charge in [0.05, 0.1) is 5.69 Å². The molecular weight excluding hydrogens is 396 g/mol. The number of hydrogen-bond donors (Lipinski definition) is 1. The average molecular weight is 420 g/mol. The number of carbonyl (C=O) groups excluding carboxylic acids is 1. The molecule has 3 rings (SSSR count). The summed E-state index contributed by atoms with van der Waals surface area (Å²) in [5, 5.41) is 0.751. The van der Waals surface area contributed by atoms with Gasteiger partial charge in [-0.25, -0.2) is 9.37 Å². The summed E-state index contributed by atoms with van der Waals surface area (Å²) in [4.78, 5) is 19.9. The highest BCUT2D eigenvalue weighted by atomic mass is 35.5. The van der Waals surface area contributed by atoms with Crippen LogP contribution in [0.4, 0.5) is 4.39 Å². The number of amides is 1. The number of hydrogen-bond acceptors (Lipinski definition) is 4. The van der Waals surface area contributed by atoms with Crippen LogP contribution in [-0.4, -0.2) is 34.9 Å². The monoisotopic (exact) mass is 419 g/mol. The van der Waals surface area contributed by atoms with Gasteiger partial charge in [0, 0.05) is 24.7 Å². The van der Waals surface area contributed by atoms with Crippen LogP contribution in [0.15, 0.2) is 24.3 Å². The van der Waals surface area contributed by atoms with Crippen LogP contribution in [0.5, 0.6) is 0 Å². The van der Waals surface area contributed by atoms with Crippen molar-refractivity contribution >= 4 is 42.1 Å². The van der Waals surface area contributed by atoms with Gasteiger partial charge in [0.1, 0.15) is 15.7 Å². The molecule has 8 heteroatoms. The van der Waals surface area contributed by atoms with Gasteiger partial charge in [0.15, 0.2) is 0 Å². The van der Waals surface area contributed by atoms with Crippen molar-refractivity contribution in [3.05, 3.63) is 40.7 Å². The fourth-order valence-corrected chi connectivity index (χ4v) is 4.12. The number of nitrogens with two attached hydrogens (primary N) is 1. The number of piperidine rings is 1. The molecule has 0 bridgehead atoms. The average Bonchev–Trinajstić information content (AvgIpc) is 2.96. The summed E-state index contributed by atoms with van der Waals surface area (Å²) in [5.41, 5.74) is 7.53. The Morgan fingerprint density at radius 1 is 1.27 bits per heavy atom. The van der Waals surface area contributed by atoms with Gasteiger partial charge in [-0.3, -0.25) is 4.79 Å². The summed E-state index contributed by atoms with van der Waals surface area (Å²) in [6, 6.07) is 6.38. The molecule has 2 heterocycles. The molecule has 2 N–H and O–H groups in total. The van der Waals surface area contributed by atoms with E-state index in [1.54, 1.807) is 12.1 Å². The summed E-state index contributed by atoms with van der Waals surface area (Å²) < 4.78 is 13.1. The zero-order valence-electron chi connectivity index (χ0n) is 14.8. The van der Waals surface area contributed by atoms with Crippen molar-refractivity contribution in [2.45, 2.75) is 32.7 Å². The van der Waals surface area contributed by atoms with Gasteiger partial charge < -0.3 is 10.6 Å². The summed E-state index contributed by atoms with van der Waals surface area (Å²) in [6.07, 6.45) is 1.90. The van der Waals surface area contributed by atoms with Gasteiger partial charge in [-0.1, -0.05) is 0 Å². The van der Waals surface area contributed by atoms with Gasteiger partial charge in [-0.05, 0) is 56.9 Å². The zero-order chi connectivity index (χ0) is 17.3. The van der Waals surface area contributed by atoms with Crippen molar-refractivity contribution < 1.29 is 9.18 Å². The van der Waals surface area contributed by atoms with Gasteiger partial charge in [0.2, 0.25) is 0 Å². The van der Waals surface area contributed by atoms with E-state index in [1.807, 2.05) is 18.7 Å². The molecule has 144 valence electrons. The van der Waals surface area contributed by atoms with Gasteiger partial charge in [-0.15, -0.1) is 36.2 Å². The fraction of sp³-hybridized carbons (Fsp3) is 0.444. The quantitative estimate of drug-likeness (QED) is 0.806. The van der Waals surface area contributed by atoms with E-state index in [4.69, 9.17) is 5.73 Å². The maximum absolute atomic E-state index is 13.1. The number of carbonyl (C=O) groups is 1. The Morgan fingerprint density at radius 2 is 1.85 bits per heavy atom.